The Hall–Kier alpha value is -3.38. The molecule has 2 aromatic carbocycles. The number of hydrogen-bond donors (Lipinski definition) is 3. The van der Waals surface area contributed by atoms with Gasteiger partial charge in [0.2, 0.25) is 5.91 Å². The summed E-state index contributed by atoms with van der Waals surface area (Å²) in [5.41, 5.74) is 0.637. The van der Waals surface area contributed by atoms with Crippen LogP contribution < -0.4 is 10.6 Å². The fraction of sp³-hybridized carbons (Fsp3) is 0.500. The number of carboxylic acid groups (broad SMARTS) is 1. The van der Waals surface area contributed by atoms with Gasteiger partial charge in [-0.05, 0) is 65.5 Å². The van der Waals surface area contributed by atoms with Crippen molar-refractivity contribution < 1.29 is 33.8 Å². The molecule has 3 N–H and O–H groups in total. The molecule has 10 nitrogen and oxygen atoms in total. The topological polar surface area (TPSA) is 134 Å². The zero-order valence-electron chi connectivity index (χ0n) is 26.3. The highest BCUT2D eigenvalue weighted by molar-refractivity contribution is 8.76. The van der Waals surface area contributed by atoms with Crippen molar-refractivity contribution in [1.29, 1.82) is 0 Å². The van der Waals surface area contributed by atoms with Crippen molar-refractivity contribution in [3.05, 3.63) is 71.8 Å². The molecule has 2 atom stereocenters. The predicted octanol–water partition coefficient (Wildman–Crippen LogP) is 5.55. The number of carbonyl (C=O) groups is 4. The van der Waals surface area contributed by atoms with Gasteiger partial charge in [-0.15, -0.1) is 0 Å². The Morgan fingerprint density at radius 2 is 1.09 bits per heavy atom. The number of rotatable bonds is 15. The maximum Gasteiger partial charge on any atom is 0.408 e. The Kier molecular flexibility index (Phi) is 14.9. The first-order valence-corrected chi connectivity index (χ1v) is 16.9. The van der Waals surface area contributed by atoms with Crippen molar-refractivity contribution in [2.45, 2.75) is 77.7 Å². The molecule has 44 heavy (non-hydrogen) atoms. The van der Waals surface area contributed by atoms with Crippen LogP contribution in [0.25, 0.3) is 0 Å². The molecule has 3 amide bonds. The Morgan fingerprint density at radius 3 is 1.48 bits per heavy atom. The summed E-state index contributed by atoms with van der Waals surface area (Å²) >= 11 is 0. The average Bonchev–Trinajstić information content (AvgIpc) is 2.92. The summed E-state index contributed by atoms with van der Waals surface area (Å²) in [5.74, 6) is -1.32. The van der Waals surface area contributed by atoms with Crippen molar-refractivity contribution >= 4 is 45.7 Å². The Balaban J connectivity index is 2.15. The van der Waals surface area contributed by atoms with Gasteiger partial charge in [-0.25, -0.2) is 14.4 Å². The van der Waals surface area contributed by atoms with Gasteiger partial charge >= 0.3 is 18.2 Å². The molecular weight excluding hydrogens is 603 g/mol. The van der Waals surface area contributed by atoms with E-state index < -0.39 is 41.4 Å². The van der Waals surface area contributed by atoms with E-state index in [0.717, 1.165) is 11.1 Å². The molecule has 0 fully saturated rings. The first-order valence-electron chi connectivity index (χ1n) is 14.5. The normalized spacial score (nSPS) is 12.9. The Bertz CT molecular complexity index is 1160. The monoisotopic (exact) mass is 647 g/mol. The highest BCUT2D eigenvalue weighted by Gasteiger charge is 2.29. The lowest BCUT2D eigenvalue weighted by Crippen LogP contribution is -2.51. The number of amides is 3. The van der Waals surface area contributed by atoms with E-state index in [-0.39, 0.29) is 17.4 Å². The number of alkyl carbamates (subject to hydrolysis) is 2. The lowest BCUT2D eigenvalue weighted by atomic mass is 10.1. The fourth-order valence-electron chi connectivity index (χ4n) is 3.85. The standard InChI is InChI=1S/C32H45N3O7S2/c1-31(2,3)41-29(39)33-25(21-43-44-22-26(28(37)38)34-30(40)42-32(4,5)6)27(36)35(19-17-23-13-9-7-10-14-23)20-18-24-15-11-8-12-16-24/h7-16,25-26H,17-22H2,1-6H3,(H,33,39)(H,34,40)(H,37,38)/t25-,26-/m0/s1. The van der Waals surface area contributed by atoms with Gasteiger partial charge in [-0.2, -0.15) is 0 Å². The van der Waals surface area contributed by atoms with Crippen molar-refractivity contribution in [1.82, 2.24) is 15.5 Å². The molecule has 12 heteroatoms. The van der Waals surface area contributed by atoms with Crippen LogP contribution in [0.4, 0.5) is 9.59 Å². The number of nitrogens with zero attached hydrogens (tertiary/aromatic N) is 1. The number of aliphatic carboxylic acids is 1. The molecule has 0 bridgehead atoms. The quantitative estimate of drug-likeness (QED) is 0.168. The van der Waals surface area contributed by atoms with Crippen LogP contribution in [0, 0.1) is 0 Å². The van der Waals surface area contributed by atoms with Crippen LogP contribution in [0.1, 0.15) is 52.7 Å². The molecule has 242 valence electrons. The SMILES string of the molecule is CC(C)(C)OC(=O)N[C@@H](CSSC[C@H](NC(=O)OC(C)(C)C)C(=O)N(CCc1ccccc1)CCc1ccccc1)C(=O)O. The lowest BCUT2D eigenvalue weighted by molar-refractivity contribution is -0.138. The minimum atomic E-state index is -1.21. The summed E-state index contributed by atoms with van der Waals surface area (Å²) in [6.45, 7) is 11.2. The number of carboxylic acids is 1. The first-order chi connectivity index (χ1) is 20.6. The van der Waals surface area contributed by atoms with Crippen molar-refractivity contribution in [2.24, 2.45) is 0 Å². The summed E-state index contributed by atoms with van der Waals surface area (Å²) in [5, 5.41) is 14.7. The second kappa shape index (κ2) is 17.8. The molecule has 2 rings (SSSR count). The molecule has 0 aliphatic heterocycles. The molecule has 0 unspecified atom stereocenters. The molecule has 0 saturated carbocycles. The summed E-state index contributed by atoms with van der Waals surface area (Å²) in [6, 6.07) is 17.6. The summed E-state index contributed by atoms with van der Waals surface area (Å²) in [6.07, 6.45) is -0.275. The van der Waals surface area contributed by atoms with E-state index in [1.807, 2.05) is 60.7 Å². The van der Waals surface area contributed by atoms with Crippen molar-refractivity contribution in [3.63, 3.8) is 0 Å². The van der Waals surface area contributed by atoms with Crippen LogP contribution in [-0.2, 0) is 31.9 Å². The molecule has 0 aromatic heterocycles. The van der Waals surface area contributed by atoms with Crippen LogP contribution in [0.3, 0.4) is 0 Å². The molecule has 2 aromatic rings. The van der Waals surface area contributed by atoms with E-state index in [4.69, 9.17) is 9.47 Å². The van der Waals surface area contributed by atoms with E-state index >= 15 is 0 Å². The molecule has 0 aliphatic carbocycles. The van der Waals surface area contributed by atoms with Gasteiger partial charge in [0.1, 0.15) is 23.3 Å². The molecule has 0 aliphatic rings. The van der Waals surface area contributed by atoms with Gasteiger partial charge in [0, 0.05) is 24.6 Å². The third-order valence-corrected chi connectivity index (χ3v) is 8.29. The van der Waals surface area contributed by atoms with Crippen molar-refractivity contribution in [3.8, 4) is 0 Å². The number of hydrogen-bond acceptors (Lipinski definition) is 8. The first kappa shape index (κ1) is 36.8. The number of carbonyl (C=O) groups excluding carboxylic acids is 3. The van der Waals surface area contributed by atoms with Crippen molar-refractivity contribution in [2.75, 3.05) is 24.6 Å². The Labute approximate surface area is 268 Å². The maximum atomic E-state index is 14.0. The smallest absolute Gasteiger partial charge is 0.408 e. The van der Waals surface area contributed by atoms with Crippen LogP contribution >= 0.6 is 21.6 Å². The van der Waals surface area contributed by atoms with E-state index in [2.05, 4.69) is 10.6 Å². The maximum absolute atomic E-state index is 14.0. The highest BCUT2D eigenvalue weighted by atomic mass is 33.1. The van der Waals surface area contributed by atoms with Gasteiger partial charge in [0.15, 0.2) is 0 Å². The second-order valence-electron chi connectivity index (χ2n) is 12.1. The summed E-state index contributed by atoms with van der Waals surface area (Å²) in [4.78, 5) is 52.3. The van der Waals surface area contributed by atoms with Gasteiger partial charge in [-0.3, -0.25) is 4.79 Å². The van der Waals surface area contributed by atoms with Crippen LogP contribution in [0.15, 0.2) is 60.7 Å². The zero-order valence-corrected chi connectivity index (χ0v) is 28.0. The molecular formula is C32H45N3O7S2. The fourth-order valence-corrected chi connectivity index (χ4v) is 6.16. The third-order valence-electron chi connectivity index (χ3n) is 5.87. The van der Waals surface area contributed by atoms with Gasteiger partial charge in [-0.1, -0.05) is 82.3 Å². The largest absolute Gasteiger partial charge is 0.480 e. The van der Waals surface area contributed by atoms with Crippen LogP contribution in [0.5, 0.6) is 0 Å². The Morgan fingerprint density at radius 1 is 0.705 bits per heavy atom. The summed E-state index contributed by atoms with van der Waals surface area (Å²) < 4.78 is 10.6. The highest BCUT2D eigenvalue weighted by Crippen LogP contribution is 2.24. The predicted molar refractivity (Wildman–Crippen MR) is 176 cm³/mol. The van der Waals surface area contributed by atoms with E-state index in [0.29, 0.717) is 25.9 Å². The molecule has 0 radical (unpaired) electrons. The van der Waals surface area contributed by atoms with Gasteiger partial charge in [0.05, 0.1) is 0 Å². The average molecular weight is 648 g/mol. The van der Waals surface area contributed by atoms with Gasteiger partial charge in [0.25, 0.3) is 0 Å². The molecule has 0 saturated heterocycles. The summed E-state index contributed by atoms with van der Waals surface area (Å²) in [7, 11) is 2.40. The zero-order chi connectivity index (χ0) is 32.8. The minimum Gasteiger partial charge on any atom is -0.480 e. The van der Waals surface area contributed by atoms with E-state index in [9.17, 15) is 24.3 Å². The van der Waals surface area contributed by atoms with Gasteiger partial charge < -0.3 is 30.1 Å². The number of nitrogens with one attached hydrogen (secondary N) is 2. The lowest BCUT2D eigenvalue weighted by Gasteiger charge is -2.29. The van der Waals surface area contributed by atoms with E-state index in [1.54, 1.807) is 46.4 Å². The minimum absolute atomic E-state index is 0.0122. The number of benzene rings is 2. The molecule has 0 heterocycles. The van der Waals surface area contributed by atoms with Crippen LogP contribution in [-0.4, -0.2) is 82.0 Å². The van der Waals surface area contributed by atoms with E-state index in [1.165, 1.54) is 21.6 Å². The van der Waals surface area contributed by atoms with Crippen LogP contribution in [0.2, 0.25) is 0 Å². The molecule has 0 spiro atoms. The number of ether oxygens (including phenoxy) is 2. The second-order valence-corrected chi connectivity index (χ2v) is 14.7. The third kappa shape index (κ3) is 15.4.